The molecule has 0 fully saturated rings. The number of nitrogens with one attached hydrogen (secondary N) is 1. The maximum absolute atomic E-state index is 10.7. The Hall–Kier alpha value is -1.69. The van der Waals surface area contributed by atoms with E-state index in [9.17, 15) is 4.79 Å². The average molecular weight is 225 g/mol. The molecule has 1 aromatic rings. The standard InChI is InChI=1S/C10H15N3O3/c1-6(5-14)7(2)12-9-4-11-3-8(13-9)10(15)16/h3-4,6-7,14H,5H2,1-2H3,(H,12,13)(H,15,16). The summed E-state index contributed by atoms with van der Waals surface area (Å²) in [6.07, 6.45) is 2.64. The Labute approximate surface area is 93.4 Å². The normalized spacial score (nSPS) is 14.2. The first kappa shape index (κ1) is 12.4. The molecular weight excluding hydrogens is 210 g/mol. The Morgan fingerprint density at radius 1 is 1.50 bits per heavy atom. The van der Waals surface area contributed by atoms with E-state index in [0.29, 0.717) is 5.82 Å². The van der Waals surface area contributed by atoms with E-state index in [1.54, 1.807) is 0 Å². The third-order valence-electron chi connectivity index (χ3n) is 2.37. The highest BCUT2D eigenvalue weighted by atomic mass is 16.4. The molecule has 0 aromatic carbocycles. The van der Waals surface area contributed by atoms with E-state index < -0.39 is 5.97 Å². The van der Waals surface area contributed by atoms with Gasteiger partial charge in [0.1, 0.15) is 5.82 Å². The Kier molecular flexibility index (Phi) is 4.19. The molecule has 0 bridgehead atoms. The van der Waals surface area contributed by atoms with E-state index >= 15 is 0 Å². The van der Waals surface area contributed by atoms with Gasteiger partial charge in [-0.2, -0.15) is 0 Å². The molecule has 0 amide bonds. The molecule has 0 saturated carbocycles. The number of carboxylic acid groups (broad SMARTS) is 1. The summed E-state index contributed by atoms with van der Waals surface area (Å²) in [4.78, 5) is 18.3. The minimum Gasteiger partial charge on any atom is -0.476 e. The van der Waals surface area contributed by atoms with E-state index in [2.05, 4.69) is 15.3 Å². The molecular formula is C10H15N3O3. The van der Waals surface area contributed by atoms with Gasteiger partial charge in [0.25, 0.3) is 0 Å². The van der Waals surface area contributed by atoms with E-state index in [4.69, 9.17) is 10.2 Å². The number of aliphatic hydroxyl groups excluding tert-OH is 1. The van der Waals surface area contributed by atoms with E-state index in [0.717, 1.165) is 0 Å². The Morgan fingerprint density at radius 3 is 2.75 bits per heavy atom. The summed E-state index contributed by atoms with van der Waals surface area (Å²) in [6.45, 7) is 3.82. The minimum atomic E-state index is -1.11. The fourth-order valence-electron chi connectivity index (χ4n) is 1.07. The summed E-state index contributed by atoms with van der Waals surface area (Å²) < 4.78 is 0. The van der Waals surface area contributed by atoms with Crippen LogP contribution in [0.25, 0.3) is 0 Å². The lowest BCUT2D eigenvalue weighted by Crippen LogP contribution is -2.27. The van der Waals surface area contributed by atoms with Crippen LogP contribution in [0, 0.1) is 5.92 Å². The lowest BCUT2D eigenvalue weighted by molar-refractivity contribution is 0.0690. The number of anilines is 1. The quantitative estimate of drug-likeness (QED) is 0.679. The summed E-state index contributed by atoms with van der Waals surface area (Å²) in [5.74, 6) is -0.665. The highest BCUT2D eigenvalue weighted by Crippen LogP contribution is 2.09. The Morgan fingerprint density at radius 2 is 2.19 bits per heavy atom. The molecule has 16 heavy (non-hydrogen) atoms. The van der Waals surface area contributed by atoms with Gasteiger partial charge in [-0.25, -0.2) is 9.78 Å². The molecule has 6 heteroatoms. The van der Waals surface area contributed by atoms with E-state index in [1.807, 2.05) is 13.8 Å². The van der Waals surface area contributed by atoms with Crippen LogP contribution in [0.15, 0.2) is 12.4 Å². The van der Waals surface area contributed by atoms with Crippen LogP contribution in [0.4, 0.5) is 5.82 Å². The van der Waals surface area contributed by atoms with Gasteiger partial charge in [-0.05, 0) is 12.8 Å². The van der Waals surface area contributed by atoms with Crippen molar-refractivity contribution in [2.24, 2.45) is 5.92 Å². The molecule has 0 aliphatic heterocycles. The zero-order valence-electron chi connectivity index (χ0n) is 9.21. The van der Waals surface area contributed by atoms with Crippen LogP contribution in [0.1, 0.15) is 24.3 Å². The molecule has 0 spiro atoms. The number of rotatable bonds is 5. The van der Waals surface area contributed by atoms with Crippen molar-refractivity contribution in [2.45, 2.75) is 19.9 Å². The number of carboxylic acids is 1. The molecule has 6 nitrogen and oxygen atoms in total. The largest absolute Gasteiger partial charge is 0.476 e. The Balaban J connectivity index is 2.74. The van der Waals surface area contributed by atoms with Crippen molar-refractivity contribution in [1.29, 1.82) is 0 Å². The molecule has 2 unspecified atom stereocenters. The summed E-state index contributed by atoms with van der Waals surface area (Å²) >= 11 is 0. The van der Waals surface area contributed by atoms with E-state index in [-0.39, 0.29) is 24.3 Å². The van der Waals surface area contributed by atoms with Crippen molar-refractivity contribution in [3.63, 3.8) is 0 Å². The predicted molar refractivity (Wildman–Crippen MR) is 58.3 cm³/mol. The Bertz CT molecular complexity index is 370. The molecule has 2 atom stereocenters. The highest BCUT2D eigenvalue weighted by molar-refractivity contribution is 5.85. The first-order chi connectivity index (χ1) is 7.54. The second-order valence-corrected chi connectivity index (χ2v) is 3.69. The number of nitrogens with zero attached hydrogens (tertiary/aromatic N) is 2. The average Bonchev–Trinajstić information content (AvgIpc) is 2.28. The van der Waals surface area contributed by atoms with Gasteiger partial charge in [0.15, 0.2) is 5.69 Å². The molecule has 0 saturated heterocycles. The molecule has 3 N–H and O–H groups in total. The number of aromatic carboxylic acids is 1. The predicted octanol–water partition coefficient (Wildman–Crippen LogP) is 0.604. The summed E-state index contributed by atoms with van der Waals surface area (Å²) in [5, 5.41) is 20.7. The number of hydrogen-bond donors (Lipinski definition) is 3. The van der Waals surface area contributed by atoms with Crippen molar-refractivity contribution in [1.82, 2.24) is 9.97 Å². The topological polar surface area (TPSA) is 95.3 Å². The number of hydrogen-bond acceptors (Lipinski definition) is 5. The fourth-order valence-corrected chi connectivity index (χ4v) is 1.07. The van der Waals surface area contributed by atoms with Gasteiger partial charge in [-0.15, -0.1) is 0 Å². The highest BCUT2D eigenvalue weighted by Gasteiger charge is 2.12. The monoisotopic (exact) mass is 225 g/mol. The van der Waals surface area contributed by atoms with Crippen LogP contribution >= 0.6 is 0 Å². The minimum absolute atomic E-state index is 0.0108. The summed E-state index contributed by atoms with van der Waals surface area (Å²) in [6, 6.07) is -0.0108. The maximum Gasteiger partial charge on any atom is 0.356 e. The van der Waals surface area contributed by atoms with Crippen molar-refractivity contribution in [3.8, 4) is 0 Å². The van der Waals surface area contributed by atoms with Crippen molar-refractivity contribution in [2.75, 3.05) is 11.9 Å². The second-order valence-electron chi connectivity index (χ2n) is 3.69. The zero-order valence-corrected chi connectivity index (χ0v) is 9.21. The molecule has 1 aromatic heterocycles. The van der Waals surface area contributed by atoms with Gasteiger partial charge in [0.2, 0.25) is 0 Å². The third kappa shape index (κ3) is 3.16. The van der Waals surface area contributed by atoms with Gasteiger partial charge >= 0.3 is 5.97 Å². The van der Waals surface area contributed by atoms with Gasteiger partial charge < -0.3 is 15.5 Å². The van der Waals surface area contributed by atoms with Crippen LogP contribution in [0.3, 0.4) is 0 Å². The smallest absolute Gasteiger partial charge is 0.356 e. The molecule has 88 valence electrons. The zero-order chi connectivity index (χ0) is 12.1. The molecule has 1 heterocycles. The van der Waals surface area contributed by atoms with Gasteiger partial charge in [-0.3, -0.25) is 4.98 Å². The summed E-state index contributed by atoms with van der Waals surface area (Å²) in [5.41, 5.74) is -0.103. The molecule has 1 rings (SSSR count). The number of aliphatic hydroxyl groups is 1. The lowest BCUT2D eigenvalue weighted by atomic mass is 10.1. The van der Waals surface area contributed by atoms with E-state index in [1.165, 1.54) is 12.4 Å². The third-order valence-corrected chi connectivity index (χ3v) is 2.37. The van der Waals surface area contributed by atoms with Gasteiger partial charge in [0, 0.05) is 12.6 Å². The van der Waals surface area contributed by atoms with Crippen LogP contribution in [0.5, 0.6) is 0 Å². The van der Waals surface area contributed by atoms with Gasteiger partial charge in [0.05, 0.1) is 12.4 Å². The maximum atomic E-state index is 10.7. The first-order valence-corrected chi connectivity index (χ1v) is 4.97. The second kappa shape index (κ2) is 5.41. The van der Waals surface area contributed by atoms with Crippen LogP contribution in [0.2, 0.25) is 0 Å². The van der Waals surface area contributed by atoms with Crippen LogP contribution in [-0.2, 0) is 0 Å². The van der Waals surface area contributed by atoms with Crippen molar-refractivity contribution in [3.05, 3.63) is 18.1 Å². The first-order valence-electron chi connectivity index (χ1n) is 4.97. The number of aromatic nitrogens is 2. The molecule has 0 aliphatic rings. The van der Waals surface area contributed by atoms with Crippen LogP contribution < -0.4 is 5.32 Å². The molecule has 0 aliphatic carbocycles. The van der Waals surface area contributed by atoms with Crippen LogP contribution in [-0.4, -0.2) is 38.8 Å². The fraction of sp³-hybridized carbons (Fsp3) is 0.500. The van der Waals surface area contributed by atoms with Crippen molar-refractivity contribution >= 4 is 11.8 Å². The lowest BCUT2D eigenvalue weighted by Gasteiger charge is -2.19. The summed E-state index contributed by atoms with van der Waals surface area (Å²) in [7, 11) is 0. The molecule has 0 radical (unpaired) electrons. The SMILES string of the molecule is CC(CO)C(C)Nc1cncc(C(=O)O)n1. The number of carbonyl (C=O) groups is 1. The van der Waals surface area contributed by atoms with Crippen molar-refractivity contribution < 1.29 is 15.0 Å². The van der Waals surface area contributed by atoms with Gasteiger partial charge in [-0.1, -0.05) is 6.92 Å².